The molecule has 1 heterocycles. The third-order valence-corrected chi connectivity index (χ3v) is 2.13. The monoisotopic (exact) mass is 229 g/mol. The first-order valence-electron chi connectivity index (χ1n) is 5.15. The fraction of sp³-hybridized carbons (Fsp3) is 0.600. The van der Waals surface area contributed by atoms with Crippen molar-refractivity contribution >= 4 is 17.5 Å². The number of hydrogen-bond acceptors (Lipinski definition) is 4. The number of nitrogen functional groups attached to an aromatic ring is 1. The van der Waals surface area contributed by atoms with E-state index in [9.17, 15) is 0 Å². The molecule has 0 bridgehead atoms. The zero-order chi connectivity index (χ0) is 11.1. The number of aromatic nitrogens is 2. The summed E-state index contributed by atoms with van der Waals surface area (Å²) in [6.07, 6.45) is 4.64. The first-order valence-corrected chi connectivity index (χ1v) is 5.53. The van der Waals surface area contributed by atoms with Crippen molar-refractivity contribution in [1.82, 2.24) is 9.97 Å². The minimum absolute atomic E-state index is 0.144. The van der Waals surface area contributed by atoms with E-state index < -0.39 is 0 Å². The second-order valence-corrected chi connectivity index (χ2v) is 3.68. The standard InChI is InChI=1S/C10H16ClN3O/c1-2-3-4-5-6-15-9-7-8(11)13-10(12)14-9/h7H,2-6H2,1H3,(H2,12,13,14). The molecule has 2 N–H and O–H groups in total. The van der Waals surface area contributed by atoms with Gasteiger partial charge in [0, 0.05) is 6.07 Å². The molecule has 0 aliphatic carbocycles. The maximum Gasteiger partial charge on any atom is 0.224 e. The molecule has 0 fully saturated rings. The fourth-order valence-electron chi connectivity index (χ4n) is 1.19. The molecule has 0 aromatic carbocycles. The van der Waals surface area contributed by atoms with E-state index in [1.807, 2.05) is 0 Å². The molecule has 0 unspecified atom stereocenters. The number of anilines is 1. The van der Waals surface area contributed by atoms with Gasteiger partial charge in [-0.2, -0.15) is 4.98 Å². The Balaban J connectivity index is 2.31. The third-order valence-electron chi connectivity index (χ3n) is 1.94. The van der Waals surface area contributed by atoms with Gasteiger partial charge >= 0.3 is 0 Å². The van der Waals surface area contributed by atoms with Crippen molar-refractivity contribution in [3.05, 3.63) is 11.2 Å². The highest BCUT2D eigenvalue weighted by atomic mass is 35.5. The maximum absolute atomic E-state index is 5.70. The fourth-order valence-corrected chi connectivity index (χ4v) is 1.37. The van der Waals surface area contributed by atoms with E-state index in [1.54, 1.807) is 6.07 Å². The Morgan fingerprint density at radius 2 is 2.13 bits per heavy atom. The average Bonchev–Trinajstić information content (AvgIpc) is 2.16. The topological polar surface area (TPSA) is 61.0 Å². The molecule has 0 aliphatic rings. The second kappa shape index (κ2) is 6.45. The van der Waals surface area contributed by atoms with Gasteiger partial charge in [-0.05, 0) is 6.42 Å². The molecule has 0 radical (unpaired) electrons. The van der Waals surface area contributed by atoms with Crippen LogP contribution in [0.5, 0.6) is 5.88 Å². The van der Waals surface area contributed by atoms with Gasteiger partial charge in [-0.3, -0.25) is 0 Å². The van der Waals surface area contributed by atoms with E-state index in [0.717, 1.165) is 6.42 Å². The van der Waals surface area contributed by atoms with Crippen LogP contribution in [-0.2, 0) is 0 Å². The van der Waals surface area contributed by atoms with E-state index in [0.29, 0.717) is 17.6 Å². The van der Waals surface area contributed by atoms with E-state index in [2.05, 4.69) is 16.9 Å². The molecule has 0 aliphatic heterocycles. The molecular weight excluding hydrogens is 214 g/mol. The molecule has 0 atom stereocenters. The minimum Gasteiger partial charge on any atom is -0.478 e. The molecule has 0 saturated heterocycles. The van der Waals surface area contributed by atoms with Gasteiger partial charge in [0.05, 0.1) is 6.61 Å². The van der Waals surface area contributed by atoms with Crippen LogP contribution in [0.3, 0.4) is 0 Å². The van der Waals surface area contributed by atoms with Crippen molar-refractivity contribution < 1.29 is 4.74 Å². The van der Waals surface area contributed by atoms with Crippen molar-refractivity contribution in [3.63, 3.8) is 0 Å². The number of halogens is 1. The normalized spacial score (nSPS) is 10.3. The highest BCUT2D eigenvalue weighted by Crippen LogP contribution is 2.14. The molecule has 0 saturated carbocycles. The van der Waals surface area contributed by atoms with Gasteiger partial charge in [-0.1, -0.05) is 37.8 Å². The number of nitrogens with two attached hydrogens (primary N) is 1. The smallest absolute Gasteiger partial charge is 0.224 e. The van der Waals surface area contributed by atoms with Gasteiger partial charge in [0.15, 0.2) is 0 Å². The first kappa shape index (κ1) is 12.0. The molecule has 1 aromatic rings. The summed E-state index contributed by atoms with van der Waals surface area (Å²) in [6.45, 7) is 2.82. The number of rotatable bonds is 6. The van der Waals surface area contributed by atoms with Crippen LogP contribution in [0.4, 0.5) is 5.95 Å². The van der Waals surface area contributed by atoms with Crippen molar-refractivity contribution in [2.75, 3.05) is 12.3 Å². The van der Waals surface area contributed by atoms with Gasteiger partial charge in [-0.15, -0.1) is 0 Å². The molecule has 1 rings (SSSR count). The lowest BCUT2D eigenvalue weighted by Gasteiger charge is -2.05. The Morgan fingerprint density at radius 3 is 2.80 bits per heavy atom. The summed E-state index contributed by atoms with van der Waals surface area (Å²) in [6, 6.07) is 1.57. The first-order chi connectivity index (χ1) is 7.22. The van der Waals surface area contributed by atoms with Gasteiger partial charge in [0.1, 0.15) is 5.15 Å². The molecule has 15 heavy (non-hydrogen) atoms. The molecule has 5 heteroatoms. The predicted molar refractivity (Wildman–Crippen MR) is 61.1 cm³/mol. The SMILES string of the molecule is CCCCCCOc1cc(Cl)nc(N)n1. The zero-order valence-electron chi connectivity index (χ0n) is 8.87. The second-order valence-electron chi connectivity index (χ2n) is 3.30. The quantitative estimate of drug-likeness (QED) is 0.602. The predicted octanol–water partition coefficient (Wildman–Crippen LogP) is 2.67. The number of unbranched alkanes of at least 4 members (excludes halogenated alkanes) is 3. The van der Waals surface area contributed by atoms with Crippen molar-refractivity contribution in [1.29, 1.82) is 0 Å². The van der Waals surface area contributed by atoms with Gasteiger partial charge in [-0.25, -0.2) is 4.98 Å². The summed E-state index contributed by atoms with van der Waals surface area (Å²) >= 11 is 5.70. The van der Waals surface area contributed by atoms with Gasteiger partial charge in [0.2, 0.25) is 11.8 Å². The van der Waals surface area contributed by atoms with Crippen LogP contribution in [0, 0.1) is 0 Å². The lowest BCUT2D eigenvalue weighted by atomic mass is 10.2. The Hall–Kier alpha value is -1.03. The Labute approximate surface area is 94.8 Å². The van der Waals surface area contributed by atoms with E-state index in [-0.39, 0.29) is 5.95 Å². The molecule has 4 nitrogen and oxygen atoms in total. The molecule has 0 spiro atoms. The number of ether oxygens (including phenoxy) is 1. The van der Waals surface area contributed by atoms with E-state index >= 15 is 0 Å². The van der Waals surface area contributed by atoms with E-state index in [1.165, 1.54) is 19.3 Å². The van der Waals surface area contributed by atoms with Crippen LogP contribution in [0.2, 0.25) is 5.15 Å². The minimum atomic E-state index is 0.144. The van der Waals surface area contributed by atoms with Crippen molar-refractivity contribution in [3.8, 4) is 5.88 Å². The number of hydrogen-bond donors (Lipinski definition) is 1. The summed E-state index contributed by atoms with van der Waals surface area (Å²) < 4.78 is 5.40. The Morgan fingerprint density at radius 1 is 1.33 bits per heavy atom. The van der Waals surface area contributed by atoms with Crippen LogP contribution in [0.1, 0.15) is 32.6 Å². The summed E-state index contributed by atoms with van der Waals surface area (Å²) in [5.74, 6) is 0.593. The summed E-state index contributed by atoms with van der Waals surface area (Å²) in [5, 5.41) is 0.311. The highest BCUT2D eigenvalue weighted by Gasteiger charge is 2.00. The zero-order valence-corrected chi connectivity index (χ0v) is 9.63. The average molecular weight is 230 g/mol. The third kappa shape index (κ3) is 4.83. The lowest BCUT2D eigenvalue weighted by molar-refractivity contribution is 0.294. The number of nitrogens with zero attached hydrogens (tertiary/aromatic N) is 2. The highest BCUT2D eigenvalue weighted by molar-refractivity contribution is 6.29. The summed E-state index contributed by atoms with van der Waals surface area (Å²) in [7, 11) is 0. The van der Waals surface area contributed by atoms with Gasteiger partial charge in [0.25, 0.3) is 0 Å². The van der Waals surface area contributed by atoms with Crippen molar-refractivity contribution in [2.24, 2.45) is 0 Å². The van der Waals surface area contributed by atoms with Crippen LogP contribution < -0.4 is 10.5 Å². The maximum atomic E-state index is 5.70. The molecule has 1 aromatic heterocycles. The van der Waals surface area contributed by atoms with Crippen LogP contribution in [-0.4, -0.2) is 16.6 Å². The Kier molecular flexibility index (Phi) is 5.18. The molecule has 84 valence electrons. The van der Waals surface area contributed by atoms with Crippen molar-refractivity contribution in [2.45, 2.75) is 32.6 Å². The van der Waals surface area contributed by atoms with E-state index in [4.69, 9.17) is 22.1 Å². The molecule has 0 amide bonds. The van der Waals surface area contributed by atoms with Crippen LogP contribution >= 0.6 is 11.6 Å². The van der Waals surface area contributed by atoms with Crippen LogP contribution in [0.25, 0.3) is 0 Å². The van der Waals surface area contributed by atoms with Gasteiger partial charge < -0.3 is 10.5 Å². The molecular formula is C10H16ClN3O. The summed E-state index contributed by atoms with van der Waals surface area (Å²) in [4.78, 5) is 7.66. The Bertz CT molecular complexity index is 286. The lowest BCUT2D eigenvalue weighted by Crippen LogP contribution is -2.02. The summed E-state index contributed by atoms with van der Waals surface area (Å²) in [5.41, 5.74) is 5.42. The van der Waals surface area contributed by atoms with Crippen LogP contribution in [0.15, 0.2) is 6.07 Å². The largest absolute Gasteiger partial charge is 0.478 e.